The quantitative estimate of drug-likeness (QED) is 0.509. The number of rotatable bonds is 7. The van der Waals surface area contributed by atoms with E-state index in [-0.39, 0.29) is 16.7 Å². The summed E-state index contributed by atoms with van der Waals surface area (Å²) in [6.45, 7) is 0. The largest absolute Gasteiger partial charge is 0.493 e. The van der Waals surface area contributed by atoms with Gasteiger partial charge in [-0.3, -0.25) is 10.4 Å². The number of aromatic nitrogens is 1. The minimum Gasteiger partial charge on any atom is -0.493 e. The van der Waals surface area contributed by atoms with Gasteiger partial charge in [0.25, 0.3) is 0 Å². The number of hydrogen-bond donors (Lipinski definition) is 3. The third-order valence-corrected chi connectivity index (χ3v) is 3.93. The molecule has 0 radical (unpaired) electrons. The molecule has 148 valence electrons. The van der Waals surface area contributed by atoms with Crippen molar-refractivity contribution in [1.29, 1.82) is 5.26 Å². The van der Waals surface area contributed by atoms with Crippen molar-refractivity contribution in [2.45, 2.75) is 0 Å². The summed E-state index contributed by atoms with van der Waals surface area (Å²) in [6.07, 6.45) is 1.32. The molecule has 0 aliphatic heterocycles. The maximum atomic E-state index is 9.47. The summed E-state index contributed by atoms with van der Waals surface area (Å²) in [5.74, 6) is 1.42. The Morgan fingerprint density at radius 3 is 2.24 bits per heavy atom. The molecule has 0 bridgehead atoms. The molecule has 0 unspecified atom stereocenters. The molecule has 9 nitrogen and oxygen atoms in total. The molecule has 0 saturated heterocycles. The van der Waals surface area contributed by atoms with Crippen molar-refractivity contribution < 1.29 is 24.6 Å². The number of nitriles is 1. The van der Waals surface area contributed by atoms with E-state index in [1.165, 1.54) is 26.5 Å². The topological polar surface area (TPSA) is 120 Å². The molecule has 9 heteroatoms. The van der Waals surface area contributed by atoms with Crippen LogP contribution in [0.4, 0.5) is 17.2 Å². The van der Waals surface area contributed by atoms with Crippen LogP contribution in [-0.2, 0) is 0 Å². The molecule has 0 fully saturated rings. The summed E-state index contributed by atoms with van der Waals surface area (Å²) in [4.78, 5) is 4.02. The predicted octanol–water partition coefficient (Wildman–Crippen LogP) is 4.09. The number of methoxy groups -OCH3 is 2. The summed E-state index contributed by atoms with van der Waals surface area (Å²) < 4.78 is 16.5. The number of ether oxygens (including phenoxy) is 3. The fourth-order valence-corrected chi connectivity index (χ4v) is 2.56. The molecule has 0 aliphatic carbocycles. The van der Waals surface area contributed by atoms with E-state index in [1.54, 1.807) is 42.5 Å². The number of benzene rings is 2. The van der Waals surface area contributed by atoms with Crippen LogP contribution in [0.3, 0.4) is 0 Å². The van der Waals surface area contributed by atoms with E-state index in [2.05, 4.69) is 10.3 Å². The highest BCUT2D eigenvalue weighted by atomic mass is 16.8. The van der Waals surface area contributed by atoms with Crippen molar-refractivity contribution in [2.24, 2.45) is 0 Å². The number of pyridine rings is 1. The summed E-state index contributed by atoms with van der Waals surface area (Å²) in [5.41, 5.74) is 1.37. The summed E-state index contributed by atoms with van der Waals surface area (Å²) in [5, 5.41) is 30.8. The van der Waals surface area contributed by atoms with Gasteiger partial charge in [0.2, 0.25) is 11.6 Å². The standard InChI is InChI=1S/C20H18N4O5/c1-27-17-4-3-5-18(28-2)19(17)29-15-10-16(20(22-12-15)24(25)26)23-14-8-6-13(11-21)7-9-14/h3-10,12,23,25-26H,1-2H3. The Kier molecular flexibility index (Phi) is 5.99. The Balaban J connectivity index is 1.96. The second-order valence-corrected chi connectivity index (χ2v) is 5.74. The average molecular weight is 394 g/mol. The Bertz CT molecular complexity index is 1010. The Hall–Kier alpha value is -4.00. The van der Waals surface area contributed by atoms with Crippen LogP contribution in [0.15, 0.2) is 54.7 Å². The number of hydrogen-bond acceptors (Lipinski definition) is 9. The molecule has 2 aromatic carbocycles. The smallest absolute Gasteiger partial charge is 0.211 e. The van der Waals surface area contributed by atoms with Gasteiger partial charge in [-0.05, 0) is 36.4 Å². The maximum Gasteiger partial charge on any atom is 0.211 e. The highest BCUT2D eigenvalue weighted by molar-refractivity contribution is 5.72. The lowest BCUT2D eigenvalue weighted by atomic mass is 10.2. The number of para-hydroxylation sites is 1. The zero-order valence-electron chi connectivity index (χ0n) is 15.7. The minimum atomic E-state index is -0.145. The van der Waals surface area contributed by atoms with E-state index in [9.17, 15) is 10.4 Å². The Morgan fingerprint density at radius 2 is 1.69 bits per heavy atom. The van der Waals surface area contributed by atoms with Crippen molar-refractivity contribution in [3.05, 3.63) is 60.3 Å². The lowest BCUT2D eigenvalue weighted by Gasteiger charge is -2.17. The molecular weight excluding hydrogens is 376 g/mol. The molecule has 3 aromatic rings. The number of nitrogens with zero attached hydrogens (tertiary/aromatic N) is 3. The predicted molar refractivity (Wildman–Crippen MR) is 104 cm³/mol. The van der Waals surface area contributed by atoms with Gasteiger partial charge in [0.05, 0.1) is 37.7 Å². The summed E-state index contributed by atoms with van der Waals surface area (Å²) in [6, 6.07) is 15.4. The number of anilines is 3. The minimum absolute atomic E-state index is 0.0978. The molecule has 0 aliphatic rings. The van der Waals surface area contributed by atoms with Gasteiger partial charge in [-0.15, -0.1) is 5.23 Å². The molecular formula is C20H18N4O5. The van der Waals surface area contributed by atoms with E-state index < -0.39 is 0 Å². The van der Waals surface area contributed by atoms with Gasteiger partial charge in [-0.25, -0.2) is 4.98 Å². The second kappa shape index (κ2) is 8.79. The average Bonchev–Trinajstić information content (AvgIpc) is 2.74. The molecule has 3 N–H and O–H groups in total. The fraction of sp³-hybridized carbons (Fsp3) is 0.100. The van der Waals surface area contributed by atoms with Gasteiger partial charge in [0, 0.05) is 11.8 Å². The SMILES string of the molecule is COc1cccc(OC)c1Oc1cnc(N(O)O)c(Nc2ccc(C#N)cc2)c1. The van der Waals surface area contributed by atoms with Crippen LogP contribution in [-0.4, -0.2) is 29.6 Å². The van der Waals surface area contributed by atoms with E-state index >= 15 is 0 Å². The Morgan fingerprint density at radius 1 is 1.03 bits per heavy atom. The molecule has 0 saturated carbocycles. The summed E-state index contributed by atoms with van der Waals surface area (Å²) in [7, 11) is 3.02. The van der Waals surface area contributed by atoms with Gasteiger partial charge < -0.3 is 19.5 Å². The first kappa shape index (κ1) is 19.8. The van der Waals surface area contributed by atoms with Gasteiger partial charge in [0.1, 0.15) is 5.75 Å². The second-order valence-electron chi connectivity index (χ2n) is 5.74. The van der Waals surface area contributed by atoms with Crippen LogP contribution < -0.4 is 24.8 Å². The zero-order chi connectivity index (χ0) is 20.8. The molecule has 1 aromatic heterocycles. The first-order chi connectivity index (χ1) is 14.0. The van der Waals surface area contributed by atoms with Crippen LogP contribution in [0.1, 0.15) is 5.56 Å². The highest BCUT2D eigenvalue weighted by Gasteiger charge is 2.16. The molecule has 0 spiro atoms. The lowest BCUT2D eigenvalue weighted by molar-refractivity contribution is 0.0272. The monoisotopic (exact) mass is 394 g/mol. The van der Waals surface area contributed by atoms with E-state index in [0.717, 1.165) is 0 Å². The van der Waals surface area contributed by atoms with E-state index in [1.807, 2.05) is 6.07 Å². The van der Waals surface area contributed by atoms with Crippen LogP contribution in [0.2, 0.25) is 0 Å². The van der Waals surface area contributed by atoms with Crippen LogP contribution >= 0.6 is 0 Å². The van der Waals surface area contributed by atoms with E-state index in [0.29, 0.717) is 34.2 Å². The van der Waals surface area contributed by atoms with Crippen molar-refractivity contribution in [2.75, 3.05) is 24.8 Å². The first-order valence-electron chi connectivity index (χ1n) is 8.39. The summed E-state index contributed by atoms with van der Waals surface area (Å²) >= 11 is 0. The van der Waals surface area contributed by atoms with Crippen molar-refractivity contribution in [3.63, 3.8) is 0 Å². The van der Waals surface area contributed by atoms with E-state index in [4.69, 9.17) is 19.5 Å². The van der Waals surface area contributed by atoms with Crippen molar-refractivity contribution >= 4 is 17.2 Å². The lowest BCUT2D eigenvalue weighted by Crippen LogP contribution is -2.14. The third-order valence-electron chi connectivity index (χ3n) is 3.93. The van der Waals surface area contributed by atoms with Crippen molar-refractivity contribution in [3.8, 4) is 29.1 Å². The number of nitrogens with one attached hydrogen (secondary N) is 1. The van der Waals surface area contributed by atoms with Crippen LogP contribution in [0, 0.1) is 11.3 Å². The van der Waals surface area contributed by atoms with Gasteiger partial charge in [-0.1, -0.05) is 6.07 Å². The third kappa shape index (κ3) is 4.47. The van der Waals surface area contributed by atoms with Gasteiger partial charge in [-0.2, -0.15) is 5.26 Å². The Labute approximate surface area is 166 Å². The van der Waals surface area contributed by atoms with Crippen LogP contribution in [0.25, 0.3) is 0 Å². The van der Waals surface area contributed by atoms with Gasteiger partial charge in [0.15, 0.2) is 11.5 Å². The maximum absolute atomic E-state index is 9.47. The fourth-order valence-electron chi connectivity index (χ4n) is 2.56. The highest BCUT2D eigenvalue weighted by Crippen LogP contribution is 2.41. The molecule has 0 atom stereocenters. The van der Waals surface area contributed by atoms with Crippen LogP contribution in [0.5, 0.6) is 23.0 Å². The first-order valence-corrected chi connectivity index (χ1v) is 8.39. The van der Waals surface area contributed by atoms with Crippen molar-refractivity contribution in [1.82, 2.24) is 4.98 Å². The molecule has 0 amide bonds. The molecule has 3 rings (SSSR count). The molecule has 1 heterocycles. The normalized spacial score (nSPS) is 10.0. The molecule has 29 heavy (non-hydrogen) atoms. The van der Waals surface area contributed by atoms with Gasteiger partial charge >= 0.3 is 0 Å². The zero-order valence-corrected chi connectivity index (χ0v) is 15.7.